The van der Waals surface area contributed by atoms with Crippen LogP contribution in [-0.2, 0) is 10.1 Å². The normalized spacial score (nSPS) is 11.5. The Hall–Kier alpha value is -2.02. The Balaban J connectivity index is 2.06. The molecule has 0 saturated carbocycles. The fourth-order valence-corrected chi connectivity index (χ4v) is 3.50. The van der Waals surface area contributed by atoms with Gasteiger partial charge in [-0.25, -0.2) is 0 Å². The number of rotatable bonds is 4. The fourth-order valence-electron chi connectivity index (χ4n) is 2.14. The van der Waals surface area contributed by atoms with Gasteiger partial charge in [0.25, 0.3) is 0 Å². The molecule has 124 valence electrons. The highest BCUT2D eigenvalue weighted by Crippen LogP contribution is 2.33. The first-order chi connectivity index (χ1) is 11.4. The van der Waals surface area contributed by atoms with Crippen molar-refractivity contribution in [2.45, 2.75) is 4.90 Å². The number of methoxy groups -OCH3 is 1. The molecule has 3 aromatic rings. The van der Waals surface area contributed by atoms with E-state index in [1.165, 1.54) is 37.6 Å². The minimum atomic E-state index is -4.09. The maximum absolute atomic E-state index is 12.5. The maximum atomic E-state index is 12.5. The van der Waals surface area contributed by atoms with Gasteiger partial charge < -0.3 is 8.92 Å². The average molecular weight is 384 g/mol. The van der Waals surface area contributed by atoms with Crippen molar-refractivity contribution in [1.29, 1.82) is 0 Å². The van der Waals surface area contributed by atoms with Crippen molar-refractivity contribution in [2.75, 3.05) is 7.11 Å². The van der Waals surface area contributed by atoms with E-state index in [9.17, 15) is 8.42 Å². The Labute approximate surface area is 148 Å². The fraction of sp³-hybridized carbons (Fsp3) is 0.0625. The Bertz CT molecular complexity index is 1020. The van der Waals surface area contributed by atoms with E-state index < -0.39 is 10.1 Å². The summed E-state index contributed by atoms with van der Waals surface area (Å²) >= 11 is 12.0. The van der Waals surface area contributed by atoms with Crippen LogP contribution in [0.3, 0.4) is 0 Å². The maximum Gasteiger partial charge on any atom is 0.339 e. The quantitative estimate of drug-likeness (QED) is 0.627. The van der Waals surface area contributed by atoms with E-state index in [4.69, 9.17) is 32.1 Å². The second kappa shape index (κ2) is 6.47. The van der Waals surface area contributed by atoms with Crippen LogP contribution in [0.15, 0.2) is 53.6 Å². The monoisotopic (exact) mass is 383 g/mol. The molecule has 1 heterocycles. The zero-order chi connectivity index (χ0) is 17.3. The first-order valence-electron chi connectivity index (χ1n) is 6.73. The number of aromatic nitrogens is 1. The van der Waals surface area contributed by atoms with Crippen LogP contribution in [0.2, 0.25) is 10.0 Å². The van der Waals surface area contributed by atoms with Crippen molar-refractivity contribution in [3.05, 3.63) is 58.7 Å². The summed E-state index contributed by atoms with van der Waals surface area (Å²) in [6, 6.07) is 10.5. The Morgan fingerprint density at radius 3 is 2.50 bits per heavy atom. The Morgan fingerprint density at radius 1 is 1.00 bits per heavy atom. The standard InChI is InChI=1S/C16H11Cl2NO4S/c1-22-15-9-10(4-5-13(15)18)24(20,21)23-14-7-6-12(17)11-3-2-8-19-16(11)14/h2-9H,1H3. The molecule has 0 saturated heterocycles. The molecule has 0 spiro atoms. The minimum Gasteiger partial charge on any atom is -0.495 e. The SMILES string of the molecule is COc1cc(S(=O)(=O)Oc2ccc(Cl)c3cccnc23)ccc1Cl. The van der Waals surface area contributed by atoms with Gasteiger partial charge in [0.05, 0.1) is 17.2 Å². The molecule has 0 aliphatic rings. The molecule has 0 fully saturated rings. The summed E-state index contributed by atoms with van der Waals surface area (Å²) in [5.41, 5.74) is 0.356. The van der Waals surface area contributed by atoms with Crippen molar-refractivity contribution in [3.8, 4) is 11.5 Å². The molecular formula is C16H11Cl2NO4S. The van der Waals surface area contributed by atoms with Crippen LogP contribution < -0.4 is 8.92 Å². The lowest BCUT2D eigenvalue weighted by molar-refractivity contribution is 0.413. The van der Waals surface area contributed by atoms with Gasteiger partial charge in [-0.3, -0.25) is 4.98 Å². The van der Waals surface area contributed by atoms with Crippen molar-refractivity contribution in [1.82, 2.24) is 4.98 Å². The van der Waals surface area contributed by atoms with Gasteiger partial charge in [-0.2, -0.15) is 8.42 Å². The van der Waals surface area contributed by atoms with Crippen LogP contribution in [0.5, 0.6) is 11.5 Å². The number of fused-ring (bicyclic) bond motifs is 1. The predicted octanol–water partition coefficient (Wildman–Crippen LogP) is 4.32. The van der Waals surface area contributed by atoms with Crippen LogP contribution in [0, 0.1) is 0 Å². The molecule has 3 rings (SSSR count). The van der Waals surface area contributed by atoms with Crippen LogP contribution in [0.4, 0.5) is 0 Å². The van der Waals surface area contributed by atoms with Gasteiger partial charge in [-0.1, -0.05) is 23.2 Å². The highest BCUT2D eigenvalue weighted by Gasteiger charge is 2.20. The smallest absolute Gasteiger partial charge is 0.339 e. The van der Waals surface area contributed by atoms with Gasteiger partial charge in [0.1, 0.15) is 16.2 Å². The first-order valence-corrected chi connectivity index (χ1v) is 8.90. The number of halogens is 2. The van der Waals surface area contributed by atoms with Gasteiger partial charge in [0.15, 0.2) is 5.75 Å². The molecule has 0 bridgehead atoms. The largest absolute Gasteiger partial charge is 0.495 e. The molecule has 5 nitrogen and oxygen atoms in total. The summed E-state index contributed by atoms with van der Waals surface area (Å²) in [4.78, 5) is 4.07. The van der Waals surface area contributed by atoms with Gasteiger partial charge in [0, 0.05) is 17.6 Å². The van der Waals surface area contributed by atoms with E-state index in [1.807, 2.05) is 0 Å². The Morgan fingerprint density at radius 2 is 1.75 bits per heavy atom. The number of hydrogen-bond donors (Lipinski definition) is 0. The zero-order valence-corrected chi connectivity index (χ0v) is 14.7. The highest BCUT2D eigenvalue weighted by molar-refractivity contribution is 7.87. The second-order valence-corrected chi connectivity index (χ2v) is 7.14. The number of hydrogen-bond acceptors (Lipinski definition) is 5. The molecule has 0 radical (unpaired) electrons. The summed E-state index contributed by atoms with van der Waals surface area (Å²) in [7, 11) is -2.69. The van der Waals surface area contributed by atoms with E-state index >= 15 is 0 Å². The van der Waals surface area contributed by atoms with Gasteiger partial charge in [-0.05, 0) is 36.4 Å². The molecule has 24 heavy (non-hydrogen) atoms. The number of nitrogens with zero attached hydrogens (tertiary/aromatic N) is 1. The first kappa shape index (κ1) is 16.8. The lowest BCUT2D eigenvalue weighted by Gasteiger charge is -2.11. The van der Waals surface area contributed by atoms with E-state index in [2.05, 4.69) is 4.98 Å². The van der Waals surface area contributed by atoms with Crippen LogP contribution in [0.1, 0.15) is 0 Å². The summed E-state index contributed by atoms with van der Waals surface area (Å²) in [6.07, 6.45) is 1.53. The highest BCUT2D eigenvalue weighted by atomic mass is 35.5. The van der Waals surface area contributed by atoms with Crippen molar-refractivity contribution >= 4 is 44.2 Å². The minimum absolute atomic E-state index is 0.0808. The van der Waals surface area contributed by atoms with Crippen molar-refractivity contribution in [3.63, 3.8) is 0 Å². The molecule has 2 aromatic carbocycles. The van der Waals surface area contributed by atoms with Gasteiger partial charge in [0.2, 0.25) is 0 Å². The van der Waals surface area contributed by atoms with E-state index in [0.717, 1.165) is 0 Å². The van der Waals surface area contributed by atoms with E-state index in [0.29, 0.717) is 20.9 Å². The van der Waals surface area contributed by atoms with Crippen LogP contribution in [-0.4, -0.2) is 20.5 Å². The third-order valence-corrected chi connectivity index (χ3v) is 5.16. The Kier molecular flexibility index (Phi) is 4.54. The zero-order valence-electron chi connectivity index (χ0n) is 12.4. The number of ether oxygens (including phenoxy) is 1. The molecule has 1 aromatic heterocycles. The van der Waals surface area contributed by atoms with Crippen molar-refractivity contribution < 1.29 is 17.3 Å². The van der Waals surface area contributed by atoms with Gasteiger partial charge >= 0.3 is 10.1 Å². The van der Waals surface area contributed by atoms with Crippen molar-refractivity contribution in [2.24, 2.45) is 0 Å². The third kappa shape index (κ3) is 3.13. The summed E-state index contributed by atoms with van der Waals surface area (Å²) < 4.78 is 35.3. The van der Waals surface area contributed by atoms with Crippen LogP contribution >= 0.6 is 23.2 Å². The third-order valence-electron chi connectivity index (χ3n) is 3.29. The molecular weight excluding hydrogens is 373 g/mol. The van der Waals surface area contributed by atoms with E-state index in [1.54, 1.807) is 18.2 Å². The lowest BCUT2D eigenvalue weighted by Crippen LogP contribution is -2.10. The predicted molar refractivity (Wildman–Crippen MR) is 92.6 cm³/mol. The average Bonchev–Trinajstić information content (AvgIpc) is 2.58. The molecule has 0 unspecified atom stereocenters. The summed E-state index contributed by atoms with van der Waals surface area (Å²) in [5.74, 6) is 0.323. The lowest BCUT2D eigenvalue weighted by atomic mass is 10.2. The summed E-state index contributed by atoms with van der Waals surface area (Å²) in [5, 5.41) is 1.35. The molecule has 0 aliphatic heterocycles. The molecule has 0 amide bonds. The molecule has 0 aliphatic carbocycles. The number of pyridine rings is 1. The topological polar surface area (TPSA) is 65.5 Å². The van der Waals surface area contributed by atoms with Crippen LogP contribution in [0.25, 0.3) is 10.9 Å². The molecule has 8 heteroatoms. The van der Waals surface area contributed by atoms with Gasteiger partial charge in [-0.15, -0.1) is 0 Å². The molecule has 0 atom stereocenters. The number of benzene rings is 2. The molecule has 0 N–H and O–H groups in total. The summed E-state index contributed by atoms with van der Waals surface area (Å²) in [6.45, 7) is 0. The second-order valence-electron chi connectivity index (χ2n) is 4.78. The van der Waals surface area contributed by atoms with E-state index in [-0.39, 0.29) is 16.4 Å².